The van der Waals surface area contributed by atoms with Crippen LogP contribution in [0.4, 0.5) is 0 Å². The van der Waals surface area contributed by atoms with Gasteiger partial charge in [-0.15, -0.1) is 0 Å². The Balaban J connectivity index is 2.05. The number of likely N-dealkylation sites (tertiary alicyclic amines) is 1. The first-order valence-electron chi connectivity index (χ1n) is 11.4. The Hall–Kier alpha value is -3.58. The van der Waals surface area contributed by atoms with Gasteiger partial charge in [0.1, 0.15) is 23.9 Å². The number of ether oxygens (including phenoxy) is 2. The van der Waals surface area contributed by atoms with E-state index in [0.29, 0.717) is 36.8 Å². The molecule has 180 valence electrons. The van der Waals surface area contributed by atoms with Gasteiger partial charge >= 0.3 is 0 Å². The van der Waals surface area contributed by atoms with Crippen molar-refractivity contribution in [1.29, 1.82) is 0 Å². The summed E-state index contributed by atoms with van der Waals surface area (Å²) in [6, 6.07) is 13.3. The smallest absolute Gasteiger partial charge is 0.295 e. The van der Waals surface area contributed by atoms with E-state index in [1.807, 2.05) is 12.1 Å². The molecule has 1 heterocycles. The van der Waals surface area contributed by atoms with Gasteiger partial charge in [-0.05, 0) is 55.1 Å². The Bertz CT molecular complexity index is 1040. The molecular weight excluding hydrogens is 432 g/mol. The summed E-state index contributed by atoms with van der Waals surface area (Å²) in [7, 11) is 1.55. The van der Waals surface area contributed by atoms with Gasteiger partial charge in [0.05, 0.1) is 18.7 Å². The number of carbonyl (C=O) groups excluding carboxylic acids is 2. The number of aliphatic hydroxyl groups excluding tert-OH is 1. The maximum absolute atomic E-state index is 13.1. The third-order valence-electron chi connectivity index (χ3n) is 6.02. The lowest BCUT2D eigenvalue weighted by Crippen LogP contribution is -2.38. The van der Waals surface area contributed by atoms with E-state index >= 15 is 0 Å². The fourth-order valence-corrected chi connectivity index (χ4v) is 4.05. The Morgan fingerprint density at radius 3 is 2.24 bits per heavy atom. The number of rotatable bonds is 11. The molecular formula is C27H32N2O5. The highest BCUT2D eigenvalue weighted by Crippen LogP contribution is 2.39. The first-order valence-corrected chi connectivity index (χ1v) is 11.4. The zero-order valence-electron chi connectivity index (χ0n) is 20.0. The summed E-state index contributed by atoms with van der Waals surface area (Å²) in [5, 5.41) is 11.2. The lowest BCUT2D eigenvalue weighted by Gasteiger charge is -2.28. The zero-order valence-corrected chi connectivity index (χ0v) is 20.0. The molecule has 1 N–H and O–H groups in total. The van der Waals surface area contributed by atoms with Crippen molar-refractivity contribution in [2.45, 2.75) is 19.9 Å². The third kappa shape index (κ3) is 5.31. The van der Waals surface area contributed by atoms with Crippen LogP contribution in [0.25, 0.3) is 5.76 Å². The second-order valence-electron chi connectivity index (χ2n) is 7.92. The minimum Gasteiger partial charge on any atom is -0.507 e. The van der Waals surface area contributed by atoms with Gasteiger partial charge < -0.3 is 24.4 Å². The maximum Gasteiger partial charge on any atom is 0.295 e. The van der Waals surface area contributed by atoms with Crippen molar-refractivity contribution in [1.82, 2.24) is 9.80 Å². The highest BCUT2D eigenvalue weighted by atomic mass is 16.5. The minimum absolute atomic E-state index is 0.0782. The summed E-state index contributed by atoms with van der Waals surface area (Å²) in [4.78, 5) is 30.0. The molecule has 0 spiro atoms. The first-order chi connectivity index (χ1) is 16.4. The fourth-order valence-electron chi connectivity index (χ4n) is 4.05. The van der Waals surface area contributed by atoms with E-state index in [1.54, 1.807) is 54.5 Å². The molecule has 0 aliphatic carbocycles. The van der Waals surface area contributed by atoms with Gasteiger partial charge in [-0.25, -0.2) is 0 Å². The van der Waals surface area contributed by atoms with Gasteiger partial charge in [-0.3, -0.25) is 9.59 Å². The van der Waals surface area contributed by atoms with Crippen molar-refractivity contribution in [3.8, 4) is 11.5 Å². The summed E-state index contributed by atoms with van der Waals surface area (Å²) < 4.78 is 10.8. The van der Waals surface area contributed by atoms with Gasteiger partial charge in [0.25, 0.3) is 11.7 Å². The Morgan fingerprint density at radius 1 is 1.06 bits per heavy atom. The van der Waals surface area contributed by atoms with Crippen molar-refractivity contribution >= 4 is 17.4 Å². The van der Waals surface area contributed by atoms with E-state index in [1.165, 1.54) is 0 Å². The molecule has 0 unspecified atom stereocenters. The van der Waals surface area contributed by atoms with Crippen LogP contribution in [0.5, 0.6) is 11.5 Å². The van der Waals surface area contributed by atoms with Crippen LogP contribution >= 0.6 is 0 Å². The number of nitrogens with zero attached hydrogens (tertiary/aromatic N) is 2. The van der Waals surface area contributed by atoms with Crippen molar-refractivity contribution in [3.63, 3.8) is 0 Å². The molecule has 0 aromatic heterocycles. The molecule has 3 rings (SSSR count). The fraction of sp³-hybridized carbons (Fsp3) is 0.333. The third-order valence-corrected chi connectivity index (χ3v) is 6.02. The maximum atomic E-state index is 13.1. The number of carbonyl (C=O) groups is 2. The number of benzene rings is 2. The molecule has 2 aromatic rings. The van der Waals surface area contributed by atoms with Gasteiger partial charge in [0, 0.05) is 18.7 Å². The average Bonchev–Trinajstić information content (AvgIpc) is 3.13. The molecule has 0 saturated carbocycles. The highest BCUT2D eigenvalue weighted by molar-refractivity contribution is 6.46. The summed E-state index contributed by atoms with van der Waals surface area (Å²) in [5.41, 5.74) is 1.24. The van der Waals surface area contributed by atoms with E-state index in [4.69, 9.17) is 9.47 Å². The van der Waals surface area contributed by atoms with Crippen LogP contribution < -0.4 is 9.47 Å². The predicted octanol–water partition coefficient (Wildman–Crippen LogP) is 4.02. The number of methoxy groups -OCH3 is 1. The van der Waals surface area contributed by atoms with E-state index in [0.717, 1.165) is 18.7 Å². The molecule has 7 nitrogen and oxygen atoms in total. The number of hydrogen-bond donors (Lipinski definition) is 1. The molecule has 7 heteroatoms. The molecule has 0 bridgehead atoms. The quantitative estimate of drug-likeness (QED) is 0.234. The summed E-state index contributed by atoms with van der Waals surface area (Å²) in [6.07, 6.45) is 1.66. The second-order valence-corrected chi connectivity index (χ2v) is 7.92. The van der Waals surface area contributed by atoms with Gasteiger partial charge in [-0.1, -0.05) is 38.6 Å². The Kier molecular flexibility index (Phi) is 8.49. The monoisotopic (exact) mass is 464 g/mol. The number of amides is 1. The van der Waals surface area contributed by atoms with Gasteiger partial charge in [0.2, 0.25) is 0 Å². The van der Waals surface area contributed by atoms with Crippen LogP contribution in [0.3, 0.4) is 0 Å². The SMILES string of the molecule is C=CCOc1ccc([C@H]2C(=C(O)c3ccc(OC)cc3)C(=O)C(=O)N2CCN(CC)CC)cc1. The minimum atomic E-state index is -0.703. The summed E-state index contributed by atoms with van der Waals surface area (Å²) in [5.74, 6) is -0.228. The number of Topliss-reactive ketones (excluding diaryl/α,β-unsaturated/α-hetero) is 1. The molecule has 1 fully saturated rings. The molecule has 1 amide bonds. The largest absolute Gasteiger partial charge is 0.507 e. The van der Waals surface area contributed by atoms with Crippen molar-refractivity contribution in [2.24, 2.45) is 0 Å². The molecule has 0 radical (unpaired) electrons. The normalized spacial score (nSPS) is 17.3. The van der Waals surface area contributed by atoms with E-state index in [9.17, 15) is 14.7 Å². The van der Waals surface area contributed by atoms with Crippen molar-refractivity contribution in [3.05, 3.63) is 77.9 Å². The molecule has 1 aliphatic heterocycles. The Morgan fingerprint density at radius 2 is 1.68 bits per heavy atom. The number of aliphatic hydroxyl groups is 1. The van der Waals surface area contributed by atoms with Crippen LogP contribution in [0.15, 0.2) is 66.8 Å². The van der Waals surface area contributed by atoms with Crippen LogP contribution in [-0.4, -0.2) is 66.5 Å². The Labute approximate surface area is 200 Å². The van der Waals surface area contributed by atoms with E-state index < -0.39 is 17.7 Å². The molecule has 1 saturated heterocycles. The molecule has 2 aromatic carbocycles. The number of likely N-dealkylation sites (N-methyl/N-ethyl adjacent to an activating group) is 1. The van der Waals surface area contributed by atoms with E-state index in [2.05, 4.69) is 25.3 Å². The summed E-state index contributed by atoms with van der Waals surface area (Å²) >= 11 is 0. The van der Waals surface area contributed by atoms with Crippen LogP contribution in [0.2, 0.25) is 0 Å². The first kappa shape index (κ1) is 25.1. The van der Waals surface area contributed by atoms with Crippen LogP contribution in [0.1, 0.15) is 31.0 Å². The zero-order chi connectivity index (χ0) is 24.7. The average molecular weight is 465 g/mol. The predicted molar refractivity (Wildman–Crippen MR) is 132 cm³/mol. The van der Waals surface area contributed by atoms with Gasteiger partial charge in [-0.2, -0.15) is 0 Å². The molecule has 1 aliphatic rings. The van der Waals surface area contributed by atoms with Crippen molar-refractivity contribution < 1.29 is 24.2 Å². The lowest BCUT2D eigenvalue weighted by molar-refractivity contribution is -0.140. The van der Waals surface area contributed by atoms with Gasteiger partial charge in [0.15, 0.2) is 0 Å². The number of ketones is 1. The highest BCUT2D eigenvalue weighted by Gasteiger charge is 2.45. The van der Waals surface area contributed by atoms with Crippen LogP contribution in [-0.2, 0) is 9.59 Å². The van der Waals surface area contributed by atoms with E-state index in [-0.39, 0.29) is 11.3 Å². The lowest BCUT2D eigenvalue weighted by atomic mass is 9.95. The number of hydrogen-bond acceptors (Lipinski definition) is 6. The standard InChI is InChI=1S/C27H32N2O5/c1-5-18-34-22-14-8-19(9-15-22)24-23(25(30)20-10-12-21(33-4)13-11-20)26(31)27(32)29(24)17-16-28(6-2)7-3/h5,8-15,24,30H,1,6-7,16-18H2,2-4H3/t24-/m0/s1. The summed E-state index contributed by atoms with van der Waals surface area (Å²) in [6.45, 7) is 10.8. The second kappa shape index (κ2) is 11.5. The topological polar surface area (TPSA) is 79.3 Å². The molecule has 1 atom stereocenters. The van der Waals surface area contributed by atoms with Crippen molar-refractivity contribution in [2.75, 3.05) is 39.9 Å². The molecule has 34 heavy (non-hydrogen) atoms. The van der Waals surface area contributed by atoms with Crippen LogP contribution in [0, 0.1) is 0 Å².